The number of carbonyl (C=O) groups is 2. The van der Waals surface area contributed by atoms with E-state index in [2.05, 4.69) is 10.2 Å². The Bertz CT molecular complexity index is 1560. The lowest BCUT2D eigenvalue weighted by atomic mass is 10.0. The normalized spacial score (nSPS) is 15.5. The Balaban J connectivity index is 1.64. The van der Waals surface area contributed by atoms with Gasteiger partial charge in [0.15, 0.2) is 5.78 Å². The van der Waals surface area contributed by atoms with Crippen molar-refractivity contribution >= 4 is 38.4 Å². The van der Waals surface area contributed by atoms with Crippen molar-refractivity contribution < 1.29 is 14.0 Å². The predicted octanol–water partition coefficient (Wildman–Crippen LogP) is 4.90. The number of hydrogen-bond donors (Lipinski definition) is 1. The number of nitrogens with zero attached hydrogens (tertiary/aromatic N) is 3. The van der Waals surface area contributed by atoms with Crippen molar-refractivity contribution in [3.8, 4) is 5.69 Å². The summed E-state index contributed by atoms with van der Waals surface area (Å²) in [4.78, 5) is 44.4. The topological polar surface area (TPSA) is 74.7 Å². The number of nitrogens with one attached hydrogen (secondary N) is 1. The molecular formula is C28H27FN4O3S. The molecule has 1 aliphatic rings. The molecule has 7 nitrogen and oxygen atoms in total. The molecule has 1 atom stereocenters. The van der Waals surface area contributed by atoms with E-state index in [-0.39, 0.29) is 29.0 Å². The average molecular weight is 519 g/mol. The smallest absolute Gasteiger partial charge is 0.322 e. The number of benzene rings is 2. The minimum absolute atomic E-state index is 0.247. The maximum atomic E-state index is 13.9. The summed E-state index contributed by atoms with van der Waals surface area (Å²) in [5.74, 6) is -0.752. The number of aryl methyl sites for hydroxylation is 1. The molecule has 1 N–H and O–H groups in total. The molecule has 2 amide bonds. The summed E-state index contributed by atoms with van der Waals surface area (Å²) >= 11 is 1.18. The Morgan fingerprint density at radius 3 is 2.51 bits per heavy atom. The van der Waals surface area contributed by atoms with E-state index in [1.54, 1.807) is 22.5 Å². The zero-order valence-corrected chi connectivity index (χ0v) is 21.6. The molecule has 1 fully saturated rings. The van der Waals surface area contributed by atoms with E-state index in [9.17, 15) is 18.8 Å². The van der Waals surface area contributed by atoms with Crippen LogP contribution in [0.15, 0.2) is 65.5 Å². The first-order valence-corrected chi connectivity index (χ1v) is 12.8. The molecular weight excluding hydrogens is 491 g/mol. The highest BCUT2D eigenvalue weighted by atomic mass is 32.1. The summed E-state index contributed by atoms with van der Waals surface area (Å²) in [6, 6.07) is 16.4. The van der Waals surface area contributed by atoms with E-state index in [1.165, 1.54) is 35.6 Å². The number of ketones is 1. The van der Waals surface area contributed by atoms with Gasteiger partial charge in [0.1, 0.15) is 15.6 Å². The van der Waals surface area contributed by atoms with Gasteiger partial charge in [-0.15, -0.1) is 0 Å². The molecule has 2 aromatic carbocycles. The number of likely N-dealkylation sites (tertiary alicyclic amines) is 1. The minimum atomic E-state index is -0.400. The summed E-state index contributed by atoms with van der Waals surface area (Å²) < 4.78 is 15.5. The number of para-hydroxylation sites is 1. The Hall–Kier alpha value is -3.82. The second-order valence-electron chi connectivity index (χ2n) is 9.44. The zero-order chi connectivity index (χ0) is 26.3. The molecule has 0 saturated carbocycles. The molecule has 0 radical (unpaired) electrons. The van der Waals surface area contributed by atoms with Crippen LogP contribution in [-0.2, 0) is 0 Å². The molecule has 2 aromatic heterocycles. The lowest BCUT2D eigenvalue weighted by Gasteiger charge is -2.20. The van der Waals surface area contributed by atoms with Gasteiger partial charge in [-0.3, -0.25) is 19.5 Å². The van der Waals surface area contributed by atoms with Crippen LogP contribution >= 0.6 is 11.3 Å². The summed E-state index contributed by atoms with van der Waals surface area (Å²) in [6.45, 7) is 2.79. The molecule has 5 rings (SSSR count). The summed E-state index contributed by atoms with van der Waals surface area (Å²) in [5.41, 5.74) is 1.35. The van der Waals surface area contributed by atoms with Crippen molar-refractivity contribution in [1.82, 2.24) is 14.4 Å². The van der Waals surface area contributed by atoms with Gasteiger partial charge in [-0.05, 0) is 69.4 Å². The number of fused-ring (bicyclic) bond motifs is 1. The Morgan fingerprint density at radius 1 is 1.08 bits per heavy atom. The van der Waals surface area contributed by atoms with E-state index in [0.29, 0.717) is 45.1 Å². The number of anilines is 1. The third-order valence-corrected chi connectivity index (χ3v) is 7.91. The van der Waals surface area contributed by atoms with Gasteiger partial charge in [-0.25, -0.2) is 9.18 Å². The van der Waals surface area contributed by atoms with E-state index >= 15 is 0 Å². The second-order valence-corrected chi connectivity index (χ2v) is 10.4. The highest BCUT2D eigenvalue weighted by Crippen LogP contribution is 2.38. The van der Waals surface area contributed by atoms with Crippen LogP contribution in [-0.4, -0.2) is 59.4 Å². The van der Waals surface area contributed by atoms with Crippen LogP contribution in [0, 0.1) is 12.7 Å². The molecule has 1 aliphatic heterocycles. The first kappa shape index (κ1) is 24.9. The SMILES string of the molecule is Cc1cc(C(=O)c2c(NC(=O)N3CC[C@H](N(C)C)C3)sc3c2ccc(=O)n3-c2ccccc2)ccc1F. The fourth-order valence-electron chi connectivity index (χ4n) is 4.67. The van der Waals surface area contributed by atoms with Gasteiger partial charge in [0, 0.05) is 36.1 Å². The number of amides is 2. The molecule has 4 aromatic rings. The lowest BCUT2D eigenvalue weighted by molar-refractivity contribution is 0.104. The van der Waals surface area contributed by atoms with Crippen LogP contribution < -0.4 is 10.9 Å². The number of pyridine rings is 1. The fourth-order valence-corrected chi connectivity index (χ4v) is 5.87. The van der Waals surface area contributed by atoms with Crippen LogP contribution in [0.5, 0.6) is 0 Å². The van der Waals surface area contributed by atoms with Crippen LogP contribution in [0.25, 0.3) is 15.9 Å². The van der Waals surface area contributed by atoms with Crippen LogP contribution in [0.4, 0.5) is 14.2 Å². The fraction of sp³-hybridized carbons (Fsp3) is 0.250. The molecule has 0 unspecified atom stereocenters. The highest BCUT2D eigenvalue weighted by molar-refractivity contribution is 7.23. The Morgan fingerprint density at radius 2 is 1.84 bits per heavy atom. The van der Waals surface area contributed by atoms with Crippen molar-refractivity contribution in [2.75, 3.05) is 32.5 Å². The Kier molecular flexibility index (Phi) is 6.66. The lowest BCUT2D eigenvalue weighted by Crippen LogP contribution is -2.36. The van der Waals surface area contributed by atoms with Crippen LogP contribution in [0.3, 0.4) is 0 Å². The number of halogens is 1. The largest absolute Gasteiger partial charge is 0.323 e. The van der Waals surface area contributed by atoms with E-state index in [0.717, 1.165) is 6.42 Å². The molecule has 0 bridgehead atoms. The van der Waals surface area contributed by atoms with Crippen LogP contribution in [0.1, 0.15) is 27.9 Å². The molecule has 3 heterocycles. The van der Waals surface area contributed by atoms with Crippen molar-refractivity contribution in [2.24, 2.45) is 0 Å². The summed E-state index contributed by atoms with van der Waals surface area (Å²) in [7, 11) is 3.98. The van der Waals surface area contributed by atoms with Gasteiger partial charge in [0.2, 0.25) is 0 Å². The quantitative estimate of drug-likeness (QED) is 0.382. The number of rotatable bonds is 5. The summed E-state index contributed by atoms with van der Waals surface area (Å²) in [5, 5.41) is 3.85. The molecule has 0 spiro atoms. The van der Waals surface area contributed by atoms with Crippen LogP contribution in [0.2, 0.25) is 0 Å². The molecule has 0 aliphatic carbocycles. The second kappa shape index (κ2) is 9.91. The predicted molar refractivity (Wildman–Crippen MR) is 145 cm³/mol. The zero-order valence-electron chi connectivity index (χ0n) is 20.8. The average Bonchev–Trinajstić information content (AvgIpc) is 3.51. The third kappa shape index (κ3) is 4.68. The molecule has 190 valence electrons. The first-order valence-electron chi connectivity index (χ1n) is 12.0. The van der Waals surface area contributed by atoms with Gasteiger partial charge in [0.05, 0.1) is 11.3 Å². The van der Waals surface area contributed by atoms with E-state index in [1.807, 2.05) is 44.4 Å². The third-order valence-electron chi connectivity index (χ3n) is 6.80. The first-order chi connectivity index (χ1) is 17.7. The number of urea groups is 1. The van der Waals surface area contributed by atoms with Crippen molar-refractivity contribution in [2.45, 2.75) is 19.4 Å². The number of thiophene rings is 1. The van der Waals surface area contributed by atoms with Crippen molar-refractivity contribution in [3.05, 3.63) is 93.5 Å². The maximum absolute atomic E-state index is 13.9. The number of likely N-dealkylation sites (N-methyl/N-ethyl adjacent to an activating group) is 1. The van der Waals surface area contributed by atoms with Gasteiger partial charge in [-0.2, -0.15) is 0 Å². The summed E-state index contributed by atoms with van der Waals surface area (Å²) in [6.07, 6.45) is 0.862. The molecule has 9 heteroatoms. The maximum Gasteiger partial charge on any atom is 0.322 e. The molecule has 37 heavy (non-hydrogen) atoms. The van der Waals surface area contributed by atoms with E-state index in [4.69, 9.17) is 0 Å². The number of hydrogen-bond acceptors (Lipinski definition) is 5. The molecule has 1 saturated heterocycles. The van der Waals surface area contributed by atoms with Gasteiger partial charge < -0.3 is 9.80 Å². The highest BCUT2D eigenvalue weighted by Gasteiger charge is 2.30. The van der Waals surface area contributed by atoms with Crippen molar-refractivity contribution in [1.29, 1.82) is 0 Å². The number of carbonyl (C=O) groups excluding carboxylic acids is 2. The van der Waals surface area contributed by atoms with Gasteiger partial charge in [0.25, 0.3) is 5.56 Å². The van der Waals surface area contributed by atoms with Crippen molar-refractivity contribution in [3.63, 3.8) is 0 Å². The van der Waals surface area contributed by atoms with E-state index < -0.39 is 5.82 Å². The van der Waals surface area contributed by atoms with Gasteiger partial charge >= 0.3 is 6.03 Å². The standard InChI is InChI=1S/C28H27FN4O3S/c1-17-15-18(9-11-22(17)29)25(35)24-21-10-12-23(34)33(19-7-5-4-6-8-19)27(21)37-26(24)30-28(36)32-14-13-20(16-32)31(2)3/h4-12,15,20H,13-14,16H2,1-3H3,(H,30,36)/t20-/m0/s1. The van der Waals surface area contributed by atoms with Gasteiger partial charge in [-0.1, -0.05) is 29.5 Å². The number of aromatic nitrogens is 1. The minimum Gasteiger partial charge on any atom is -0.323 e. The monoisotopic (exact) mass is 518 g/mol. The Labute approximate surface area is 217 Å².